The van der Waals surface area contributed by atoms with Crippen LogP contribution >= 0.6 is 15.9 Å². The lowest BCUT2D eigenvalue weighted by molar-refractivity contribution is 0.0643. The molecule has 1 amide bonds. The Morgan fingerprint density at radius 1 is 1.76 bits per heavy atom. The van der Waals surface area contributed by atoms with Gasteiger partial charge in [0.2, 0.25) is 0 Å². The molecule has 1 aliphatic heterocycles. The summed E-state index contributed by atoms with van der Waals surface area (Å²) in [6.45, 7) is 0.491. The number of aliphatic hydroxyl groups excluding tert-OH is 1. The summed E-state index contributed by atoms with van der Waals surface area (Å²) in [6, 6.07) is 1.58. The van der Waals surface area contributed by atoms with Gasteiger partial charge in [0.25, 0.3) is 5.91 Å². The van der Waals surface area contributed by atoms with E-state index in [1.54, 1.807) is 24.3 Å². The fraction of sp³-hybridized carbons (Fsp3) is 0.545. The maximum absolute atomic E-state index is 12.2. The van der Waals surface area contributed by atoms with Crippen LogP contribution in [0, 0.1) is 0 Å². The number of rotatable bonds is 3. The van der Waals surface area contributed by atoms with Gasteiger partial charge in [-0.25, -0.2) is 0 Å². The Hall–Kier alpha value is -0.850. The van der Waals surface area contributed by atoms with E-state index in [2.05, 4.69) is 20.9 Å². The van der Waals surface area contributed by atoms with Crippen molar-refractivity contribution in [1.82, 2.24) is 9.88 Å². The predicted octanol–water partition coefficient (Wildman–Crippen LogP) is 0.999. The summed E-state index contributed by atoms with van der Waals surface area (Å²) in [5.41, 5.74) is 0.520. The number of hydrogen-bond donors (Lipinski definition) is 2. The van der Waals surface area contributed by atoms with Crippen molar-refractivity contribution in [2.45, 2.75) is 18.6 Å². The Morgan fingerprint density at radius 2 is 2.53 bits per heavy atom. The zero-order chi connectivity index (χ0) is 12.4. The van der Waals surface area contributed by atoms with Crippen molar-refractivity contribution in [3.63, 3.8) is 0 Å². The van der Waals surface area contributed by atoms with E-state index in [1.807, 2.05) is 0 Å². The second-order valence-corrected chi connectivity index (χ2v) is 5.03. The summed E-state index contributed by atoms with van der Waals surface area (Å²) in [6.07, 6.45) is 2.40. The summed E-state index contributed by atoms with van der Waals surface area (Å²) >= 11 is 3.29. The van der Waals surface area contributed by atoms with E-state index in [0.29, 0.717) is 18.7 Å². The number of nitrogens with one attached hydrogen (secondary N) is 1. The van der Waals surface area contributed by atoms with Crippen LogP contribution in [0.25, 0.3) is 0 Å². The normalized spacial score (nSPS) is 24.3. The van der Waals surface area contributed by atoms with E-state index >= 15 is 0 Å². The molecular formula is C11H15BrN2O3. The van der Waals surface area contributed by atoms with Gasteiger partial charge in [-0.3, -0.25) is 4.79 Å². The number of methoxy groups -OCH3 is 1. The Balaban J connectivity index is 2.13. The van der Waals surface area contributed by atoms with E-state index in [9.17, 15) is 9.90 Å². The lowest BCUT2D eigenvalue weighted by Crippen LogP contribution is -2.38. The monoisotopic (exact) mass is 302 g/mol. The third kappa shape index (κ3) is 2.53. The lowest BCUT2D eigenvalue weighted by atomic mass is 10.2. The molecule has 1 aromatic heterocycles. The molecule has 0 spiro atoms. The highest BCUT2D eigenvalue weighted by Crippen LogP contribution is 2.22. The van der Waals surface area contributed by atoms with Gasteiger partial charge in [0.1, 0.15) is 5.69 Å². The highest BCUT2D eigenvalue weighted by Gasteiger charge is 2.35. The molecule has 5 nitrogen and oxygen atoms in total. The van der Waals surface area contributed by atoms with E-state index in [0.717, 1.165) is 4.47 Å². The van der Waals surface area contributed by atoms with Gasteiger partial charge in [-0.15, -0.1) is 0 Å². The van der Waals surface area contributed by atoms with Crippen LogP contribution in [0.5, 0.6) is 0 Å². The number of aromatic nitrogens is 1. The van der Waals surface area contributed by atoms with Crippen LogP contribution in [-0.4, -0.2) is 53.3 Å². The molecule has 17 heavy (non-hydrogen) atoms. The number of H-pyrrole nitrogens is 1. The second kappa shape index (κ2) is 5.20. The molecule has 1 aromatic rings. The van der Waals surface area contributed by atoms with Gasteiger partial charge < -0.3 is 19.7 Å². The molecule has 0 saturated carbocycles. The quantitative estimate of drug-likeness (QED) is 0.875. The first-order valence-electron chi connectivity index (χ1n) is 5.44. The molecule has 2 heterocycles. The summed E-state index contributed by atoms with van der Waals surface area (Å²) in [5.74, 6) is -0.102. The van der Waals surface area contributed by atoms with Crippen molar-refractivity contribution in [2.24, 2.45) is 0 Å². The van der Waals surface area contributed by atoms with Gasteiger partial charge in [0.15, 0.2) is 0 Å². The Kier molecular flexibility index (Phi) is 3.86. The van der Waals surface area contributed by atoms with Gasteiger partial charge in [0.05, 0.1) is 18.8 Å². The van der Waals surface area contributed by atoms with Crippen molar-refractivity contribution in [2.75, 3.05) is 20.3 Å². The molecule has 2 atom stereocenters. The first kappa shape index (κ1) is 12.6. The van der Waals surface area contributed by atoms with Crippen molar-refractivity contribution >= 4 is 21.8 Å². The number of hydrogen-bond acceptors (Lipinski definition) is 3. The van der Waals surface area contributed by atoms with Crippen LogP contribution in [0.3, 0.4) is 0 Å². The number of aliphatic hydroxyl groups is 1. The molecule has 0 unspecified atom stereocenters. The highest BCUT2D eigenvalue weighted by molar-refractivity contribution is 9.10. The largest absolute Gasteiger partial charge is 0.394 e. The Labute approximate surface area is 108 Å². The van der Waals surface area contributed by atoms with E-state index in [-0.39, 0.29) is 24.7 Å². The standard InChI is InChI=1S/C11H15BrN2O3/c1-17-9-3-8(6-15)14(5-9)11(16)10-2-7(12)4-13-10/h2,4,8-9,13,15H,3,5-6H2,1H3/t8-,9+/m0/s1. The predicted molar refractivity (Wildman–Crippen MR) is 65.8 cm³/mol. The number of halogens is 1. The summed E-state index contributed by atoms with van der Waals surface area (Å²) in [7, 11) is 1.62. The molecule has 0 bridgehead atoms. The van der Waals surface area contributed by atoms with Crippen molar-refractivity contribution in [3.8, 4) is 0 Å². The maximum Gasteiger partial charge on any atom is 0.270 e. The molecule has 2 N–H and O–H groups in total. The summed E-state index contributed by atoms with van der Waals surface area (Å²) < 4.78 is 6.08. The Bertz CT molecular complexity index is 407. The molecule has 0 radical (unpaired) electrons. The Morgan fingerprint density at radius 3 is 3.06 bits per heavy atom. The topological polar surface area (TPSA) is 65.6 Å². The first-order valence-corrected chi connectivity index (χ1v) is 6.23. The third-order valence-electron chi connectivity index (χ3n) is 3.06. The third-order valence-corrected chi connectivity index (χ3v) is 3.52. The van der Waals surface area contributed by atoms with Crippen molar-refractivity contribution in [1.29, 1.82) is 0 Å². The fourth-order valence-corrected chi connectivity index (χ4v) is 2.46. The minimum absolute atomic E-state index is 0.00880. The van der Waals surface area contributed by atoms with Gasteiger partial charge in [0, 0.05) is 24.3 Å². The smallest absolute Gasteiger partial charge is 0.270 e. The molecule has 0 aliphatic carbocycles. The molecule has 2 rings (SSSR count). The maximum atomic E-state index is 12.2. The average Bonchev–Trinajstić information content (AvgIpc) is 2.93. The first-order chi connectivity index (χ1) is 8.15. The van der Waals surface area contributed by atoms with Crippen molar-refractivity contribution < 1.29 is 14.6 Å². The zero-order valence-corrected chi connectivity index (χ0v) is 11.1. The van der Waals surface area contributed by atoms with Crippen LogP contribution < -0.4 is 0 Å². The van der Waals surface area contributed by atoms with Crippen LogP contribution in [-0.2, 0) is 4.74 Å². The van der Waals surface area contributed by atoms with E-state index in [1.165, 1.54) is 0 Å². The van der Waals surface area contributed by atoms with Gasteiger partial charge in [-0.05, 0) is 28.4 Å². The lowest BCUT2D eigenvalue weighted by Gasteiger charge is -2.21. The SMILES string of the molecule is CO[C@@H]1C[C@@H](CO)N(C(=O)c2cc(Br)c[nH]2)C1. The molecule has 94 valence electrons. The van der Waals surface area contributed by atoms with Crippen LogP contribution in [0.15, 0.2) is 16.7 Å². The van der Waals surface area contributed by atoms with Crippen molar-refractivity contribution in [3.05, 3.63) is 22.4 Å². The molecule has 1 saturated heterocycles. The minimum Gasteiger partial charge on any atom is -0.394 e. The van der Waals surface area contributed by atoms with Gasteiger partial charge >= 0.3 is 0 Å². The molecule has 1 fully saturated rings. The summed E-state index contributed by atoms with van der Waals surface area (Å²) in [4.78, 5) is 16.8. The molecular weight excluding hydrogens is 288 g/mol. The fourth-order valence-electron chi connectivity index (χ4n) is 2.11. The molecule has 0 aromatic carbocycles. The molecule has 1 aliphatic rings. The van der Waals surface area contributed by atoms with Gasteiger partial charge in [-0.2, -0.15) is 0 Å². The number of ether oxygens (including phenoxy) is 1. The number of carbonyl (C=O) groups excluding carboxylic acids is 1. The summed E-state index contributed by atoms with van der Waals surface area (Å²) in [5, 5.41) is 9.28. The number of amides is 1. The number of nitrogens with zero attached hydrogens (tertiary/aromatic N) is 1. The average molecular weight is 303 g/mol. The second-order valence-electron chi connectivity index (χ2n) is 4.12. The highest BCUT2D eigenvalue weighted by atomic mass is 79.9. The van der Waals surface area contributed by atoms with Crippen LogP contribution in [0.4, 0.5) is 0 Å². The zero-order valence-electron chi connectivity index (χ0n) is 9.52. The van der Waals surface area contributed by atoms with Crippen LogP contribution in [0.1, 0.15) is 16.9 Å². The van der Waals surface area contributed by atoms with Crippen LogP contribution in [0.2, 0.25) is 0 Å². The molecule has 6 heteroatoms. The van der Waals surface area contributed by atoms with E-state index < -0.39 is 0 Å². The number of likely N-dealkylation sites (tertiary alicyclic amines) is 1. The minimum atomic E-state index is -0.158. The van der Waals surface area contributed by atoms with E-state index in [4.69, 9.17) is 4.74 Å². The number of carbonyl (C=O) groups is 1. The van der Waals surface area contributed by atoms with Gasteiger partial charge in [-0.1, -0.05) is 0 Å². The number of aromatic amines is 1.